The number of aryl methyl sites for hydroxylation is 1. The SMILES string of the molecule is Cc1cc(OCc2nnc(SC3CCCC3)n2-c2cccnc2)ccc1C#CCOC(=O)NCCN1CCCN(C(C)C)CC1. The molecule has 10 nitrogen and oxygen atoms in total. The lowest BCUT2D eigenvalue weighted by Crippen LogP contribution is -2.38. The van der Waals surface area contributed by atoms with Crippen LogP contribution in [0.1, 0.15) is 62.9 Å². The fourth-order valence-electron chi connectivity index (χ4n) is 5.72. The molecule has 1 amide bonds. The Morgan fingerprint density at radius 1 is 1.11 bits per heavy atom. The van der Waals surface area contributed by atoms with Crippen LogP contribution in [0.2, 0.25) is 0 Å². The number of benzene rings is 1. The molecule has 0 radical (unpaired) electrons. The van der Waals surface area contributed by atoms with Crippen LogP contribution in [0.25, 0.3) is 5.69 Å². The summed E-state index contributed by atoms with van der Waals surface area (Å²) in [5.41, 5.74) is 2.76. The van der Waals surface area contributed by atoms with Crippen molar-refractivity contribution in [1.29, 1.82) is 0 Å². The van der Waals surface area contributed by atoms with Gasteiger partial charge >= 0.3 is 6.09 Å². The van der Waals surface area contributed by atoms with Gasteiger partial charge in [-0.15, -0.1) is 10.2 Å². The van der Waals surface area contributed by atoms with E-state index in [1.807, 2.05) is 48.0 Å². The molecule has 240 valence electrons. The van der Waals surface area contributed by atoms with Crippen molar-refractivity contribution >= 4 is 17.9 Å². The summed E-state index contributed by atoms with van der Waals surface area (Å²) in [6.07, 6.45) is 9.27. The smallest absolute Gasteiger partial charge is 0.408 e. The Morgan fingerprint density at radius 3 is 2.76 bits per heavy atom. The molecule has 1 aliphatic heterocycles. The number of amides is 1. The van der Waals surface area contributed by atoms with Gasteiger partial charge in [0.25, 0.3) is 0 Å². The molecule has 2 aromatic heterocycles. The lowest BCUT2D eigenvalue weighted by Gasteiger charge is -2.24. The second-order valence-electron chi connectivity index (χ2n) is 11.9. The zero-order chi connectivity index (χ0) is 31.4. The number of carbonyl (C=O) groups is 1. The maximum atomic E-state index is 12.1. The predicted octanol–water partition coefficient (Wildman–Crippen LogP) is 5.08. The highest BCUT2D eigenvalue weighted by atomic mass is 32.2. The molecule has 3 heterocycles. The molecule has 1 saturated heterocycles. The number of thioether (sulfide) groups is 1. The Kier molecular flexibility index (Phi) is 12.1. The Labute approximate surface area is 271 Å². The Morgan fingerprint density at radius 2 is 1.98 bits per heavy atom. The van der Waals surface area contributed by atoms with Crippen molar-refractivity contribution in [3.63, 3.8) is 0 Å². The first-order valence-electron chi connectivity index (χ1n) is 16.1. The van der Waals surface area contributed by atoms with E-state index in [9.17, 15) is 4.79 Å². The van der Waals surface area contributed by atoms with Crippen molar-refractivity contribution in [1.82, 2.24) is 34.9 Å². The van der Waals surface area contributed by atoms with Crippen LogP contribution in [0.3, 0.4) is 0 Å². The monoisotopic (exact) mass is 631 g/mol. The lowest BCUT2D eigenvalue weighted by molar-refractivity contribution is 0.157. The maximum Gasteiger partial charge on any atom is 0.408 e. The van der Waals surface area contributed by atoms with E-state index in [1.54, 1.807) is 18.0 Å². The Bertz CT molecular complexity index is 1450. The minimum atomic E-state index is -0.438. The molecule has 0 bridgehead atoms. The minimum Gasteiger partial charge on any atom is -0.486 e. The fourth-order valence-corrected chi connectivity index (χ4v) is 6.99. The Balaban J connectivity index is 1.08. The molecule has 1 saturated carbocycles. The largest absolute Gasteiger partial charge is 0.486 e. The van der Waals surface area contributed by atoms with Crippen LogP contribution in [0.4, 0.5) is 4.79 Å². The number of hydrogen-bond acceptors (Lipinski definition) is 9. The van der Waals surface area contributed by atoms with Crippen molar-refractivity contribution in [2.75, 3.05) is 45.9 Å². The number of carbonyl (C=O) groups excluding carboxylic acids is 1. The number of pyridine rings is 1. The fraction of sp³-hybridized carbons (Fsp3) is 0.529. The molecule has 5 rings (SSSR count). The van der Waals surface area contributed by atoms with Gasteiger partial charge in [-0.1, -0.05) is 36.4 Å². The van der Waals surface area contributed by atoms with E-state index >= 15 is 0 Å². The Hall–Kier alpha value is -3.59. The first-order valence-corrected chi connectivity index (χ1v) is 16.9. The van der Waals surface area contributed by atoms with Crippen LogP contribution in [0, 0.1) is 18.8 Å². The number of ether oxygens (including phenoxy) is 2. The van der Waals surface area contributed by atoms with Crippen LogP contribution in [0.15, 0.2) is 47.9 Å². The molecular formula is C34H45N7O3S. The van der Waals surface area contributed by atoms with Gasteiger partial charge in [0.2, 0.25) is 0 Å². The topological polar surface area (TPSA) is 97.6 Å². The van der Waals surface area contributed by atoms with Crippen LogP contribution < -0.4 is 10.1 Å². The highest BCUT2D eigenvalue weighted by Crippen LogP contribution is 2.35. The van der Waals surface area contributed by atoms with E-state index in [0.717, 1.165) is 72.7 Å². The van der Waals surface area contributed by atoms with Crippen LogP contribution in [-0.4, -0.2) is 92.8 Å². The van der Waals surface area contributed by atoms with E-state index in [1.165, 1.54) is 25.7 Å². The average Bonchev–Trinajstić information content (AvgIpc) is 3.63. The van der Waals surface area contributed by atoms with Crippen LogP contribution >= 0.6 is 11.8 Å². The first-order chi connectivity index (χ1) is 22.0. The molecule has 45 heavy (non-hydrogen) atoms. The standard InChI is InChI=1S/C34H45N7O3S/c1-26(2)40-18-8-17-39(20-21-40)19-16-36-34(42)43-22-7-9-28-13-14-30(23-27(28)3)44-25-32-37-38-33(45-31-11-4-5-12-31)41(32)29-10-6-15-35-24-29/h6,10,13-15,23-24,26,31H,4-5,8,11-12,16-22,25H2,1-3H3,(H,36,42). The quantitative estimate of drug-likeness (QED) is 0.291. The second-order valence-corrected chi connectivity index (χ2v) is 13.1. The summed E-state index contributed by atoms with van der Waals surface area (Å²) in [5.74, 6) is 7.51. The molecule has 0 atom stereocenters. The van der Waals surface area contributed by atoms with Crippen molar-refractivity contribution in [2.45, 2.75) is 75.9 Å². The third-order valence-corrected chi connectivity index (χ3v) is 9.57. The third kappa shape index (κ3) is 9.70. The number of nitrogens with zero attached hydrogens (tertiary/aromatic N) is 6. The number of alkyl carbamates (subject to hydrolysis) is 1. The molecule has 0 unspecified atom stereocenters. The van der Waals surface area contributed by atoms with E-state index in [2.05, 4.69) is 56.0 Å². The van der Waals surface area contributed by atoms with Crippen molar-refractivity contribution < 1.29 is 14.3 Å². The van der Waals surface area contributed by atoms with Gasteiger partial charge in [0.1, 0.15) is 12.4 Å². The predicted molar refractivity (Wildman–Crippen MR) is 177 cm³/mol. The molecule has 1 N–H and O–H groups in total. The molecule has 2 aliphatic rings. The molecule has 2 fully saturated rings. The zero-order valence-electron chi connectivity index (χ0n) is 26.7. The van der Waals surface area contributed by atoms with Crippen LogP contribution in [-0.2, 0) is 11.3 Å². The number of rotatable bonds is 11. The average molecular weight is 632 g/mol. The van der Waals surface area contributed by atoms with E-state index in [4.69, 9.17) is 9.47 Å². The summed E-state index contributed by atoms with van der Waals surface area (Å²) in [5, 5.41) is 13.3. The molecule has 1 aliphatic carbocycles. The number of nitrogens with one attached hydrogen (secondary N) is 1. The lowest BCUT2D eigenvalue weighted by atomic mass is 10.1. The summed E-state index contributed by atoms with van der Waals surface area (Å²) in [6.45, 7) is 12.4. The van der Waals surface area contributed by atoms with Gasteiger partial charge in [-0.3, -0.25) is 14.5 Å². The first kappa shape index (κ1) is 32.8. The van der Waals surface area contributed by atoms with E-state index in [-0.39, 0.29) is 13.2 Å². The molecule has 3 aromatic rings. The van der Waals surface area contributed by atoms with Gasteiger partial charge in [-0.2, -0.15) is 0 Å². The summed E-state index contributed by atoms with van der Waals surface area (Å²) >= 11 is 1.79. The zero-order valence-corrected chi connectivity index (χ0v) is 27.5. The van der Waals surface area contributed by atoms with Gasteiger partial charge in [0, 0.05) is 49.2 Å². The highest BCUT2D eigenvalue weighted by Gasteiger charge is 2.22. The van der Waals surface area contributed by atoms with Crippen molar-refractivity contribution in [3.8, 4) is 23.3 Å². The number of hydrogen-bond donors (Lipinski definition) is 1. The van der Waals surface area contributed by atoms with Gasteiger partial charge in [0.15, 0.2) is 17.6 Å². The van der Waals surface area contributed by atoms with Crippen LogP contribution in [0.5, 0.6) is 5.75 Å². The summed E-state index contributed by atoms with van der Waals surface area (Å²) < 4.78 is 13.5. The third-order valence-electron chi connectivity index (χ3n) is 8.29. The number of aromatic nitrogens is 4. The summed E-state index contributed by atoms with van der Waals surface area (Å²) in [7, 11) is 0. The summed E-state index contributed by atoms with van der Waals surface area (Å²) in [6, 6.07) is 10.3. The molecule has 11 heteroatoms. The van der Waals surface area contributed by atoms with Gasteiger partial charge < -0.3 is 19.7 Å². The molecular weight excluding hydrogens is 586 g/mol. The molecule has 0 spiro atoms. The maximum absolute atomic E-state index is 12.1. The van der Waals surface area contributed by atoms with Crippen molar-refractivity contribution in [2.24, 2.45) is 0 Å². The van der Waals surface area contributed by atoms with Gasteiger partial charge in [0.05, 0.1) is 11.9 Å². The van der Waals surface area contributed by atoms with Gasteiger partial charge in [-0.25, -0.2) is 4.79 Å². The summed E-state index contributed by atoms with van der Waals surface area (Å²) in [4.78, 5) is 21.4. The normalized spacial score (nSPS) is 16.3. The molecule has 1 aromatic carbocycles. The van der Waals surface area contributed by atoms with E-state index in [0.29, 0.717) is 17.8 Å². The highest BCUT2D eigenvalue weighted by molar-refractivity contribution is 7.99. The minimum absolute atomic E-state index is 0.0296. The van der Waals surface area contributed by atoms with Crippen molar-refractivity contribution in [3.05, 3.63) is 59.7 Å². The second kappa shape index (κ2) is 16.6. The van der Waals surface area contributed by atoms with Gasteiger partial charge in [-0.05, 0) is 89.0 Å². The van der Waals surface area contributed by atoms with E-state index < -0.39 is 6.09 Å².